The van der Waals surface area contributed by atoms with Gasteiger partial charge in [0.1, 0.15) is 23.9 Å². The van der Waals surface area contributed by atoms with Crippen LogP contribution in [0, 0.1) is 5.82 Å². The molecule has 2 aromatic carbocycles. The van der Waals surface area contributed by atoms with Gasteiger partial charge in [0.15, 0.2) is 0 Å². The molecule has 6 heteroatoms. The number of amides is 1. The second kappa shape index (κ2) is 9.37. The van der Waals surface area contributed by atoms with E-state index in [-0.39, 0.29) is 17.8 Å². The van der Waals surface area contributed by atoms with E-state index >= 15 is 0 Å². The topological polar surface area (TPSA) is 48.0 Å². The molecule has 1 saturated heterocycles. The number of likely N-dealkylation sites (tertiary alicyclic amines) is 1. The van der Waals surface area contributed by atoms with E-state index in [0.717, 1.165) is 18.6 Å². The predicted octanol–water partition coefficient (Wildman–Crippen LogP) is 3.53. The Bertz CT molecular complexity index is 725. The maximum atomic E-state index is 12.8. The lowest BCUT2D eigenvalue weighted by atomic mass is 10.1. The monoisotopic (exact) mass is 373 g/mol. The zero-order valence-electron chi connectivity index (χ0n) is 15.4. The van der Waals surface area contributed by atoms with Crippen molar-refractivity contribution in [2.45, 2.75) is 18.9 Å². The maximum Gasteiger partial charge on any atom is 0.253 e. The molecular formula is C21H24FNO4. The van der Waals surface area contributed by atoms with Crippen LogP contribution in [0.15, 0.2) is 48.5 Å². The van der Waals surface area contributed by atoms with Crippen molar-refractivity contribution in [1.82, 2.24) is 4.90 Å². The Balaban J connectivity index is 1.36. The molecule has 144 valence electrons. The highest BCUT2D eigenvalue weighted by Gasteiger charge is 2.24. The summed E-state index contributed by atoms with van der Waals surface area (Å²) in [5.41, 5.74) is 0.669. The van der Waals surface area contributed by atoms with Crippen LogP contribution >= 0.6 is 0 Å². The van der Waals surface area contributed by atoms with Crippen LogP contribution in [0.25, 0.3) is 0 Å². The molecule has 1 aliphatic heterocycles. The third kappa shape index (κ3) is 5.44. The number of nitrogens with zero attached hydrogens (tertiary/aromatic N) is 1. The summed E-state index contributed by atoms with van der Waals surface area (Å²) in [6, 6.07) is 13.1. The Kier molecular flexibility index (Phi) is 6.65. The summed E-state index contributed by atoms with van der Waals surface area (Å²) in [5.74, 6) is 1.12. The van der Waals surface area contributed by atoms with Crippen molar-refractivity contribution < 1.29 is 23.4 Å². The van der Waals surface area contributed by atoms with Gasteiger partial charge in [-0.15, -0.1) is 0 Å². The van der Waals surface area contributed by atoms with Gasteiger partial charge in [0, 0.05) is 18.7 Å². The molecule has 0 N–H and O–H groups in total. The Hall–Kier alpha value is -2.60. The first-order chi connectivity index (χ1) is 13.2. The first-order valence-corrected chi connectivity index (χ1v) is 9.09. The van der Waals surface area contributed by atoms with Crippen LogP contribution in [0.1, 0.15) is 23.2 Å². The van der Waals surface area contributed by atoms with Crippen LogP contribution < -0.4 is 9.47 Å². The zero-order chi connectivity index (χ0) is 19.1. The minimum absolute atomic E-state index is 0.0377. The number of benzene rings is 2. The van der Waals surface area contributed by atoms with Crippen LogP contribution in [0.2, 0.25) is 0 Å². The number of methoxy groups -OCH3 is 1. The molecule has 0 bridgehead atoms. The van der Waals surface area contributed by atoms with Gasteiger partial charge >= 0.3 is 0 Å². The number of rotatable bonds is 7. The lowest BCUT2D eigenvalue weighted by Gasteiger charge is -2.32. The smallest absolute Gasteiger partial charge is 0.253 e. The highest BCUT2D eigenvalue weighted by atomic mass is 19.1. The molecule has 0 unspecified atom stereocenters. The largest absolute Gasteiger partial charge is 0.497 e. The quantitative estimate of drug-likeness (QED) is 0.697. The van der Waals surface area contributed by atoms with E-state index in [1.165, 1.54) is 12.1 Å². The molecule has 0 aromatic heterocycles. The van der Waals surface area contributed by atoms with Gasteiger partial charge in [-0.25, -0.2) is 4.39 Å². The van der Waals surface area contributed by atoms with Gasteiger partial charge in [0.2, 0.25) is 0 Å². The zero-order valence-corrected chi connectivity index (χ0v) is 15.4. The van der Waals surface area contributed by atoms with Crippen molar-refractivity contribution >= 4 is 5.91 Å². The Labute approximate surface area is 158 Å². The van der Waals surface area contributed by atoms with E-state index in [1.54, 1.807) is 43.5 Å². The van der Waals surface area contributed by atoms with Crippen molar-refractivity contribution in [2.75, 3.05) is 33.4 Å². The van der Waals surface area contributed by atoms with E-state index < -0.39 is 0 Å². The molecule has 0 atom stereocenters. The van der Waals surface area contributed by atoms with E-state index in [1.807, 2.05) is 4.90 Å². The molecule has 27 heavy (non-hydrogen) atoms. The second-order valence-corrected chi connectivity index (χ2v) is 6.39. The van der Waals surface area contributed by atoms with Gasteiger partial charge in [-0.1, -0.05) is 0 Å². The van der Waals surface area contributed by atoms with Crippen molar-refractivity contribution in [2.24, 2.45) is 0 Å². The van der Waals surface area contributed by atoms with Gasteiger partial charge in [0.05, 0.1) is 19.8 Å². The summed E-state index contributed by atoms with van der Waals surface area (Å²) in [5, 5.41) is 0. The Morgan fingerprint density at radius 1 is 1.00 bits per heavy atom. The third-order valence-electron chi connectivity index (χ3n) is 4.59. The van der Waals surface area contributed by atoms with Gasteiger partial charge in [-0.05, 0) is 61.4 Å². The Morgan fingerprint density at radius 3 is 2.26 bits per heavy atom. The number of hydrogen-bond acceptors (Lipinski definition) is 4. The summed E-state index contributed by atoms with van der Waals surface area (Å²) >= 11 is 0. The molecule has 1 amide bonds. The van der Waals surface area contributed by atoms with Gasteiger partial charge < -0.3 is 19.1 Å². The maximum absolute atomic E-state index is 12.8. The SMILES string of the molecule is COc1ccc(C(=O)N2CCC(OCCOc3ccc(F)cc3)CC2)cc1. The van der Waals surface area contributed by atoms with Gasteiger partial charge in [-0.3, -0.25) is 4.79 Å². The van der Waals surface area contributed by atoms with E-state index in [2.05, 4.69) is 0 Å². The molecule has 5 nitrogen and oxygen atoms in total. The lowest BCUT2D eigenvalue weighted by Crippen LogP contribution is -2.41. The number of halogens is 1. The molecule has 1 fully saturated rings. The number of carbonyl (C=O) groups is 1. The number of piperidine rings is 1. The van der Waals surface area contributed by atoms with E-state index in [9.17, 15) is 9.18 Å². The highest BCUT2D eigenvalue weighted by Crippen LogP contribution is 2.18. The molecule has 2 aromatic rings. The first kappa shape index (κ1) is 19.2. The summed E-state index contributed by atoms with van der Waals surface area (Å²) in [4.78, 5) is 14.4. The molecular weight excluding hydrogens is 349 g/mol. The van der Waals surface area contributed by atoms with Crippen molar-refractivity contribution in [1.29, 1.82) is 0 Å². The fourth-order valence-corrected chi connectivity index (χ4v) is 3.05. The number of carbonyl (C=O) groups excluding carboxylic acids is 1. The normalized spacial score (nSPS) is 14.8. The summed E-state index contributed by atoms with van der Waals surface area (Å²) < 4.78 is 29.3. The molecule has 0 aliphatic carbocycles. The second-order valence-electron chi connectivity index (χ2n) is 6.39. The molecule has 1 aliphatic rings. The minimum Gasteiger partial charge on any atom is -0.497 e. The van der Waals surface area contributed by atoms with Crippen LogP contribution in [-0.2, 0) is 4.74 Å². The van der Waals surface area contributed by atoms with Crippen molar-refractivity contribution in [3.05, 3.63) is 59.9 Å². The van der Waals surface area contributed by atoms with Crippen LogP contribution in [0.4, 0.5) is 4.39 Å². The van der Waals surface area contributed by atoms with E-state index in [4.69, 9.17) is 14.2 Å². The molecule has 1 heterocycles. The fourth-order valence-electron chi connectivity index (χ4n) is 3.05. The number of hydrogen-bond donors (Lipinski definition) is 0. The van der Waals surface area contributed by atoms with Crippen molar-refractivity contribution in [3.8, 4) is 11.5 Å². The summed E-state index contributed by atoms with van der Waals surface area (Å²) in [6.07, 6.45) is 1.73. The predicted molar refractivity (Wildman–Crippen MR) is 99.8 cm³/mol. The van der Waals surface area contributed by atoms with Crippen LogP contribution in [-0.4, -0.2) is 50.3 Å². The number of ether oxygens (including phenoxy) is 3. The Morgan fingerprint density at radius 2 is 1.63 bits per heavy atom. The minimum atomic E-state index is -0.283. The van der Waals surface area contributed by atoms with Crippen LogP contribution in [0.5, 0.6) is 11.5 Å². The van der Waals surface area contributed by atoms with Crippen molar-refractivity contribution in [3.63, 3.8) is 0 Å². The molecule has 0 saturated carbocycles. The standard InChI is InChI=1S/C21H24FNO4/c1-25-18-6-2-16(3-7-18)21(24)23-12-10-20(11-13-23)27-15-14-26-19-8-4-17(22)5-9-19/h2-9,20H,10-15H2,1H3. The summed E-state index contributed by atoms with van der Waals surface area (Å²) in [6.45, 7) is 2.23. The van der Waals surface area contributed by atoms with Gasteiger partial charge in [0.25, 0.3) is 5.91 Å². The molecule has 0 radical (unpaired) electrons. The molecule has 0 spiro atoms. The van der Waals surface area contributed by atoms with Crippen LogP contribution in [0.3, 0.4) is 0 Å². The fraction of sp³-hybridized carbons (Fsp3) is 0.381. The molecule has 3 rings (SSSR count). The highest BCUT2D eigenvalue weighted by molar-refractivity contribution is 5.94. The van der Waals surface area contributed by atoms with Gasteiger partial charge in [-0.2, -0.15) is 0 Å². The average molecular weight is 373 g/mol. The lowest BCUT2D eigenvalue weighted by molar-refractivity contribution is -0.00238. The summed E-state index contributed by atoms with van der Waals surface area (Å²) in [7, 11) is 1.60. The average Bonchev–Trinajstić information content (AvgIpc) is 2.72. The first-order valence-electron chi connectivity index (χ1n) is 9.09. The third-order valence-corrected chi connectivity index (χ3v) is 4.59. The van der Waals surface area contributed by atoms with E-state index in [0.29, 0.717) is 37.6 Å².